The summed E-state index contributed by atoms with van der Waals surface area (Å²) in [7, 11) is 0. The number of aromatic carboxylic acids is 1. The van der Waals surface area contributed by atoms with Crippen molar-refractivity contribution >= 4 is 11.9 Å². The molecular formula is C17H23NO3. The standard InChI is InChI=1S/C17H23NO3/c1-12-3-2-4-14(9-12)11-18-16(19)10-13-5-7-15(8-6-13)17(20)21/h5-8,12,14H,2-4,9-11H2,1H3,(H,18,19)(H,20,21). The minimum atomic E-state index is -0.947. The summed E-state index contributed by atoms with van der Waals surface area (Å²) < 4.78 is 0. The van der Waals surface area contributed by atoms with Gasteiger partial charge in [0.1, 0.15) is 0 Å². The second-order valence-corrected chi connectivity index (χ2v) is 6.12. The number of amides is 1. The Hall–Kier alpha value is -1.84. The first kappa shape index (κ1) is 15.5. The predicted molar refractivity (Wildman–Crippen MR) is 81.2 cm³/mol. The molecule has 4 nitrogen and oxygen atoms in total. The van der Waals surface area contributed by atoms with E-state index in [0.717, 1.165) is 18.0 Å². The molecule has 1 aliphatic carbocycles. The summed E-state index contributed by atoms with van der Waals surface area (Å²) in [4.78, 5) is 22.7. The molecule has 21 heavy (non-hydrogen) atoms. The molecule has 1 saturated carbocycles. The van der Waals surface area contributed by atoms with E-state index in [1.165, 1.54) is 37.8 Å². The molecule has 1 aliphatic rings. The molecule has 4 heteroatoms. The highest BCUT2D eigenvalue weighted by atomic mass is 16.4. The Kier molecular flexibility index (Phi) is 5.37. The molecule has 2 rings (SSSR count). The first-order valence-electron chi connectivity index (χ1n) is 7.63. The van der Waals surface area contributed by atoms with Gasteiger partial charge in [0.15, 0.2) is 0 Å². The molecule has 0 heterocycles. The number of benzene rings is 1. The Bertz CT molecular complexity index is 495. The average molecular weight is 289 g/mol. The Morgan fingerprint density at radius 2 is 1.95 bits per heavy atom. The number of hydrogen-bond acceptors (Lipinski definition) is 2. The largest absolute Gasteiger partial charge is 0.478 e. The van der Waals surface area contributed by atoms with Crippen LogP contribution in [0.4, 0.5) is 0 Å². The second-order valence-electron chi connectivity index (χ2n) is 6.12. The van der Waals surface area contributed by atoms with Crippen LogP contribution in [0.15, 0.2) is 24.3 Å². The number of carbonyl (C=O) groups is 2. The SMILES string of the molecule is CC1CCCC(CNC(=O)Cc2ccc(C(=O)O)cc2)C1. The summed E-state index contributed by atoms with van der Waals surface area (Å²) in [5.41, 5.74) is 1.09. The van der Waals surface area contributed by atoms with Crippen molar-refractivity contribution in [1.82, 2.24) is 5.32 Å². The van der Waals surface area contributed by atoms with E-state index in [0.29, 0.717) is 12.3 Å². The van der Waals surface area contributed by atoms with Gasteiger partial charge in [-0.3, -0.25) is 4.79 Å². The minimum absolute atomic E-state index is 0.0105. The highest BCUT2D eigenvalue weighted by Gasteiger charge is 2.19. The number of hydrogen-bond donors (Lipinski definition) is 2. The van der Waals surface area contributed by atoms with Gasteiger partial charge >= 0.3 is 5.97 Å². The van der Waals surface area contributed by atoms with Crippen molar-refractivity contribution in [2.45, 2.75) is 39.0 Å². The topological polar surface area (TPSA) is 66.4 Å². The van der Waals surface area contributed by atoms with Crippen molar-refractivity contribution in [3.05, 3.63) is 35.4 Å². The minimum Gasteiger partial charge on any atom is -0.478 e. The normalized spacial score (nSPS) is 21.8. The highest BCUT2D eigenvalue weighted by Crippen LogP contribution is 2.27. The molecule has 0 aromatic heterocycles. The van der Waals surface area contributed by atoms with E-state index in [1.54, 1.807) is 12.1 Å². The van der Waals surface area contributed by atoms with E-state index in [1.807, 2.05) is 0 Å². The van der Waals surface area contributed by atoms with Crippen molar-refractivity contribution < 1.29 is 14.7 Å². The van der Waals surface area contributed by atoms with Crippen molar-refractivity contribution in [2.75, 3.05) is 6.54 Å². The maximum Gasteiger partial charge on any atom is 0.335 e. The fourth-order valence-corrected chi connectivity index (χ4v) is 3.02. The molecule has 1 amide bonds. The van der Waals surface area contributed by atoms with Crippen molar-refractivity contribution in [3.63, 3.8) is 0 Å². The second kappa shape index (κ2) is 7.25. The Morgan fingerprint density at radius 3 is 2.57 bits per heavy atom. The van der Waals surface area contributed by atoms with Crippen LogP contribution < -0.4 is 5.32 Å². The van der Waals surface area contributed by atoms with Crippen LogP contribution in [0.25, 0.3) is 0 Å². The number of carboxylic acid groups (broad SMARTS) is 1. The zero-order chi connectivity index (χ0) is 15.2. The van der Waals surface area contributed by atoms with E-state index in [2.05, 4.69) is 12.2 Å². The summed E-state index contributed by atoms with van der Waals surface area (Å²) in [6, 6.07) is 6.47. The number of rotatable bonds is 5. The molecule has 0 radical (unpaired) electrons. The smallest absolute Gasteiger partial charge is 0.335 e. The van der Waals surface area contributed by atoms with Crippen molar-refractivity contribution in [3.8, 4) is 0 Å². The van der Waals surface area contributed by atoms with E-state index in [-0.39, 0.29) is 11.5 Å². The number of carboxylic acids is 1. The Morgan fingerprint density at radius 1 is 1.24 bits per heavy atom. The Balaban J connectivity index is 1.77. The van der Waals surface area contributed by atoms with E-state index >= 15 is 0 Å². The third-order valence-electron chi connectivity index (χ3n) is 4.20. The fraction of sp³-hybridized carbons (Fsp3) is 0.529. The van der Waals surface area contributed by atoms with E-state index in [4.69, 9.17) is 5.11 Å². The van der Waals surface area contributed by atoms with Crippen molar-refractivity contribution in [1.29, 1.82) is 0 Å². The molecule has 1 aromatic rings. The van der Waals surface area contributed by atoms with Crippen LogP contribution in [-0.4, -0.2) is 23.5 Å². The monoisotopic (exact) mass is 289 g/mol. The highest BCUT2D eigenvalue weighted by molar-refractivity contribution is 5.87. The summed E-state index contributed by atoms with van der Waals surface area (Å²) in [6.45, 7) is 3.04. The summed E-state index contributed by atoms with van der Waals surface area (Å²) >= 11 is 0. The maximum absolute atomic E-state index is 11.9. The molecule has 0 aliphatic heterocycles. The molecule has 114 valence electrons. The lowest BCUT2D eigenvalue weighted by Crippen LogP contribution is -2.32. The molecule has 0 saturated heterocycles. The van der Waals surface area contributed by atoms with Crippen LogP contribution in [0, 0.1) is 11.8 Å². The molecule has 0 bridgehead atoms. The lowest BCUT2D eigenvalue weighted by molar-refractivity contribution is -0.120. The molecule has 2 N–H and O–H groups in total. The third-order valence-corrected chi connectivity index (χ3v) is 4.20. The summed E-state index contributed by atoms with van der Waals surface area (Å²) in [5, 5.41) is 11.8. The van der Waals surface area contributed by atoms with Crippen LogP contribution >= 0.6 is 0 Å². The molecule has 1 aromatic carbocycles. The van der Waals surface area contributed by atoms with Gasteiger partial charge in [-0.2, -0.15) is 0 Å². The molecule has 1 fully saturated rings. The van der Waals surface area contributed by atoms with Crippen LogP contribution in [0.5, 0.6) is 0 Å². The molecule has 0 spiro atoms. The number of nitrogens with one attached hydrogen (secondary N) is 1. The van der Waals surface area contributed by atoms with Gasteiger partial charge in [0.2, 0.25) is 5.91 Å². The quantitative estimate of drug-likeness (QED) is 0.876. The zero-order valence-electron chi connectivity index (χ0n) is 12.5. The van der Waals surface area contributed by atoms with Crippen LogP contribution in [0.2, 0.25) is 0 Å². The lowest BCUT2D eigenvalue weighted by atomic mass is 9.82. The summed E-state index contributed by atoms with van der Waals surface area (Å²) in [5.74, 6) is 0.435. The van der Waals surface area contributed by atoms with E-state index in [9.17, 15) is 9.59 Å². The average Bonchev–Trinajstić information content (AvgIpc) is 2.46. The van der Waals surface area contributed by atoms with Crippen LogP contribution in [0.1, 0.15) is 48.5 Å². The van der Waals surface area contributed by atoms with Gasteiger partial charge in [-0.15, -0.1) is 0 Å². The molecular weight excluding hydrogens is 266 g/mol. The number of carbonyl (C=O) groups excluding carboxylic acids is 1. The molecule has 2 unspecified atom stereocenters. The van der Waals surface area contributed by atoms with Gasteiger partial charge in [0.25, 0.3) is 0 Å². The first-order valence-corrected chi connectivity index (χ1v) is 7.63. The predicted octanol–water partition coefficient (Wildman–Crippen LogP) is 2.87. The van der Waals surface area contributed by atoms with E-state index < -0.39 is 5.97 Å². The third kappa shape index (κ3) is 4.88. The first-order chi connectivity index (χ1) is 10.0. The maximum atomic E-state index is 11.9. The van der Waals surface area contributed by atoms with Gasteiger partial charge in [0, 0.05) is 6.54 Å². The van der Waals surface area contributed by atoms with Gasteiger partial charge in [-0.05, 0) is 42.4 Å². The van der Waals surface area contributed by atoms with Gasteiger partial charge < -0.3 is 10.4 Å². The Labute approximate surface area is 125 Å². The van der Waals surface area contributed by atoms with Gasteiger partial charge in [-0.25, -0.2) is 4.79 Å². The van der Waals surface area contributed by atoms with Crippen LogP contribution in [0.3, 0.4) is 0 Å². The van der Waals surface area contributed by atoms with Gasteiger partial charge in [0.05, 0.1) is 12.0 Å². The van der Waals surface area contributed by atoms with Crippen LogP contribution in [-0.2, 0) is 11.2 Å². The summed E-state index contributed by atoms with van der Waals surface area (Å²) in [6.07, 6.45) is 5.28. The lowest BCUT2D eigenvalue weighted by Gasteiger charge is -2.26. The fourth-order valence-electron chi connectivity index (χ4n) is 3.02. The molecule has 2 atom stereocenters. The van der Waals surface area contributed by atoms with Crippen molar-refractivity contribution in [2.24, 2.45) is 11.8 Å². The zero-order valence-corrected chi connectivity index (χ0v) is 12.5. The van der Waals surface area contributed by atoms with Gasteiger partial charge in [-0.1, -0.05) is 31.9 Å².